The molecule has 0 aromatic carbocycles. The maximum Gasteiger partial charge on any atom is 0.136 e. The van der Waals surface area contributed by atoms with Crippen LogP contribution in [0.2, 0.25) is 19.6 Å². The van der Waals surface area contributed by atoms with E-state index in [2.05, 4.69) is 26.2 Å². The van der Waals surface area contributed by atoms with Crippen molar-refractivity contribution >= 4 is 13.9 Å². The first-order valence-electron chi connectivity index (χ1n) is 8.10. The van der Waals surface area contributed by atoms with Crippen LogP contribution in [0.15, 0.2) is 11.8 Å². The Morgan fingerprint density at radius 2 is 1.79 bits per heavy atom. The molecule has 0 unspecified atom stereocenters. The lowest BCUT2D eigenvalue weighted by molar-refractivity contribution is -0.121. The van der Waals surface area contributed by atoms with Crippen LogP contribution < -0.4 is 0 Å². The number of carbonyl (C=O) groups excluding carboxylic acids is 1. The van der Waals surface area contributed by atoms with Crippen LogP contribution in [0, 0.1) is 17.8 Å². The Kier molecular flexibility index (Phi) is 4.70. The molecule has 0 heterocycles. The van der Waals surface area contributed by atoms with Crippen molar-refractivity contribution in [1.29, 1.82) is 0 Å². The fourth-order valence-electron chi connectivity index (χ4n) is 3.90. The molecule has 2 aliphatic rings. The van der Waals surface area contributed by atoms with Gasteiger partial charge in [-0.15, -0.1) is 6.58 Å². The summed E-state index contributed by atoms with van der Waals surface area (Å²) in [6, 6.07) is 0. The standard InChI is InChI=1S/C17H30OSi/c1-13(19(2,3)4)12-16-15(10-11-17(16)18)14-8-6-5-7-9-14/h14-16H,1,5-12H2,2-4H3/t15-,16-/m0/s1. The maximum atomic E-state index is 12.3. The van der Waals surface area contributed by atoms with E-state index in [1.54, 1.807) is 0 Å². The van der Waals surface area contributed by atoms with Crippen molar-refractivity contribution in [3.05, 3.63) is 11.8 Å². The van der Waals surface area contributed by atoms with E-state index in [0.29, 0.717) is 17.6 Å². The molecule has 2 atom stereocenters. The zero-order valence-corrected chi connectivity index (χ0v) is 14.0. The zero-order valence-electron chi connectivity index (χ0n) is 13.0. The van der Waals surface area contributed by atoms with E-state index in [9.17, 15) is 4.79 Å². The molecule has 2 fully saturated rings. The smallest absolute Gasteiger partial charge is 0.136 e. The first-order valence-corrected chi connectivity index (χ1v) is 11.6. The van der Waals surface area contributed by atoms with Crippen LogP contribution in [0.4, 0.5) is 0 Å². The number of ketones is 1. The molecule has 0 N–H and O–H groups in total. The van der Waals surface area contributed by atoms with E-state index in [0.717, 1.165) is 25.2 Å². The fourth-order valence-corrected chi connectivity index (χ4v) is 4.73. The molecule has 2 rings (SSSR count). The number of hydrogen-bond donors (Lipinski definition) is 0. The molecule has 0 amide bonds. The van der Waals surface area contributed by atoms with Gasteiger partial charge in [0, 0.05) is 12.3 Å². The van der Waals surface area contributed by atoms with Crippen molar-refractivity contribution in [3.63, 3.8) is 0 Å². The molecule has 0 saturated heterocycles. The maximum absolute atomic E-state index is 12.3. The topological polar surface area (TPSA) is 17.1 Å². The van der Waals surface area contributed by atoms with Gasteiger partial charge in [0.2, 0.25) is 0 Å². The Labute approximate surface area is 119 Å². The second-order valence-electron chi connectivity index (χ2n) is 7.73. The Morgan fingerprint density at radius 3 is 2.37 bits per heavy atom. The molecule has 0 aliphatic heterocycles. The van der Waals surface area contributed by atoms with Crippen molar-refractivity contribution in [2.75, 3.05) is 0 Å². The summed E-state index contributed by atoms with van der Waals surface area (Å²) in [6.07, 6.45) is 9.91. The Balaban J connectivity index is 2.03. The molecule has 108 valence electrons. The third-order valence-electron chi connectivity index (χ3n) is 5.44. The molecule has 0 spiro atoms. The van der Waals surface area contributed by atoms with Crippen LogP contribution in [0.3, 0.4) is 0 Å². The number of carbonyl (C=O) groups is 1. The van der Waals surface area contributed by atoms with Gasteiger partial charge in [0.1, 0.15) is 5.78 Å². The lowest BCUT2D eigenvalue weighted by Crippen LogP contribution is -2.30. The average molecular weight is 279 g/mol. The number of rotatable bonds is 4. The molecule has 19 heavy (non-hydrogen) atoms. The van der Waals surface area contributed by atoms with Crippen molar-refractivity contribution in [2.24, 2.45) is 17.8 Å². The first kappa shape index (κ1) is 15.0. The summed E-state index contributed by atoms with van der Waals surface area (Å²) < 4.78 is 0. The van der Waals surface area contributed by atoms with Gasteiger partial charge in [-0.25, -0.2) is 0 Å². The Morgan fingerprint density at radius 1 is 1.16 bits per heavy atom. The molecule has 1 nitrogen and oxygen atoms in total. The Bertz CT molecular complexity index is 347. The minimum absolute atomic E-state index is 0.322. The van der Waals surface area contributed by atoms with Gasteiger partial charge in [0.25, 0.3) is 0 Å². The highest BCUT2D eigenvalue weighted by atomic mass is 28.3. The molecular weight excluding hydrogens is 248 g/mol. The third-order valence-corrected chi connectivity index (χ3v) is 7.76. The van der Waals surface area contributed by atoms with Crippen molar-refractivity contribution in [1.82, 2.24) is 0 Å². The van der Waals surface area contributed by atoms with Crippen LogP contribution in [-0.2, 0) is 4.79 Å². The molecule has 0 aromatic rings. The quantitative estimate of drug-likeness (QED) is 0.662. The van der Waals surface area contributed by atoms with E-state index in [1.165, 1.54) is 37.3 Å². The lowest BCUT2D eigenvalue weighted by Gasteiger charge is -2.32. The van der Waals surface area contributed by atoms with Crippen LogP contribution >= 0.6 is 0 Å². The second kappa shape index (κ2) is 5.95. The van der Waals surface area contributed by atoms with Crippen molar-refractivity contribution < 1.29 is 4.79 Å². The van der Waals surface area contributed by atoms with Crippen LogP contribution in [0.1, 0.15) is 51.4 Å². The van der Waals surface area contributed by atoms with Crippen molar-refractivity contribution in [3.8, 4) is 0 Å². The molecular formula is C17H30OSi. The normalized spacial score (nSPS) is 29.7. The minimum atomic E-state index is -1.28. The van der Waals surface area contributed by atoms with E-state index in [4.69, 9.17) is 0 Å². The SMILES string of the molecule is C=C(C[C@@H]1C(=O)CC[C@H]1C1CCCCC1)[Si](C)(C)C. The zero-order chi connectivity index (χ0) is 14.0. The summed E-state index contributed by atoms with van der Waals surface area (Å²) in [5.74, 6) is 2.37. The average Bonchev–Trinajstić information content (AvgIpc) is 2.71. The van der Waals surface area contributed by atoms with Gasteiger partial charge in [-0.2, -0.15) is 0 Å². The van der Waals surface area contributed by atoms with Crippen LogP contribution in [0.5, 0.6) is 0 Å². The predicted octanol–water partition coefficient (Wildman–Crippen LogP) is 4.99. The molecule has 0 aromatic heterocycles. The summed E-state index contributed by atoms with van der Waals surface area (Å²) in [7, 11) is -1.28. The highest BCUT2D eigenvalue weighted by Crippen LogP contribution is 2.44. The Hall–Kier alpha value is -0.373. The van der Waals surface area contributed by atoms with Crippen LogP contribution in [0.25, 0.3) is 0 Å². The molecule has 2 aliphatic carbocycles. The lowest BCUT2D eigenvalue weighted by atomic mass is 9.74. The number of allylic oxidation sites excluding steroid dienone is 1. The van der Waals surface area contributed by atoms with Gasteiger partial charge in [-0.3, -0.25) is 4.79 Å². The molecule has 2 saturated carbocycles. The van der Waals surface area contributed by atoms with Gasteiger partial charge in [0.15, 0.2) is 0 Å². The summed E-state index contributed by atoms with van der Waals surface area (Å²) in [6.45, 7) is 11.4. The van der Waals surface area contributed by atoms with E-state index < -0.39 is 8.07 Å². The summed E-state index contributed by atoms with van der Waals surface area (Å²) >= 11 is 0. The second-order valence-corrected chi connectivity index (χ2v) is 12.9. The molecule has 0 bridgehead atoms. The third kappa shape index (κ3) is 3.59. The highest BCUT2D eigenvalue weighted by Gasteiger charge is 2.40. The van der Waals surface area contributed by atoms with E-state index in [1.807, 2.05) is 0 Å². The van der Waals surface area contributed by atoms with Gasteiger partial charge < -0.3 is 0 Å². The summed E-state index contributed by atoms with van der Waals surface area (Å²) in [4.78, 5) is 12.3. The summed E-state index contributed by atoms with van der Waals surface area (Å²) in [5.41, 5.74) is 0. The van der Waals surface area contributed by atoms with E-state index in [-0.39, 0.29) is 0 Å². The summed E-state index contributed by atoms with van der Waals surface area (Å²) in [5, 5.41) is 1.40. The largest absolute Gasteiger partial charge is 0.299 e. The molecule has 0 radical (unpaired) electrons. The van der Waals surface area contributed by atoms with Crippen molar-refractivity contribution in [2.45, 2.75) is 71.0 Å². The monoisotopic (exact) mass is 278 g/mol. The number of Topliss-reactive ketones (excluding diaryl/α,β-unsaturated/α-hetero) is 1. The van der Waals surface area contributed by atoms with Gasteiger partial charge in [-0.05, 0) is 24.7 Å². The van der Waals surface area contributed by atoms with Gasteiger partial charge in [-0.1, -0.05) is 56.9 Å². The van der Waals surface area contributed by atoms with Crippen LogP contribution in [-0.4, -0.2) is 13.9 Å². The fraction of sp³-hybridized carbons (Fsp3) is 0.824. The first-order chi connectivity index (χ1) is 8.89. The van der Waals surface area contributed by atoms with E-state index >= 15 is 0 Å². The van der Waals surface area contributed by atoms with Gasteiger partial charge >= 0.3 is 0 Å². The van der Waals surface area contributed by atoms with Gasteiger partial charge in [0.05, 0.1) is 8.07 Å². The molecule has 2 heteroatoms. The minimum Gasteiger partial charge on any atom is -0.299 e. The highest BCUT2D eigenvalue weighted by molar-refractivity contribution is 6.83. The number of hydrogen-bond acceptors (Lipinski definition) is 1. The predicted molar refractivity (Wildman–Crippen MR) is 84.9 cm³/mol.